The normalized spacial score (nSPS) is 11.3. The van der Waals surface area contributed by atoms with Crippen LogP contribution < -0.4 is 15.8 Å². The second-order valence-electron chi connectivity index (χ2n) is 6.26. The lowest BCUT2D eigenvalue weighted by atomic mass is 10.1. The molecule has 138 valence electrons. The molecule has 0 radical (unpaired) electrons. The molecule has 0 spiro atoms. The summed E-state index contributed by atoms with van der Waals surface area (Å²) in [6.45, 7) is 4.47. The fourth-order valence-electron chi connectivity index (χ4n) is 2.60. The molecule has 5 nitrogen and oxygen atoms in total. The summed E-state index contributed by atoms with van der Waals surface area (Å²) in [4.78, 5) is 8.57. The van der Waals surface area contributed by atoms with Gasteiger partial charge in [0.15, 0.2) is 5.96 Å². The summed E-state index contributed by atoms with van der Waals surface area (Å²) in [5.41, 5.74) is 10.1. The summed E-state index contributed by atoms with van der Waals surface area (Å²) in [6, 6.07) is 15.5. The smallest absolute Gasteiger partial charge is 0.219 e. The van der Waals surface area contributed by atoms with Crippen LogP contribution >= 0.6 is 0 Å². The van der Waals surface area contributed by atoms with Gasteiger partial charge in [-0.1, -0.05) is 12.1 Å². The van der Waals surface area contributed by atoms with Gasteiger partial charge in [-0.2, -0.15) is 0 Å². The van der Waals surface area contributed by atoms with Crippen LogP contribution in [0.3, 0.4) is 0 Å². The van der Waals surface area contributed by atoms with Crippen molar-refractivity contribution in [3.63, 3.8) is 0 Å². The Labute approximate surface area is 157 Å². The van der Waals surface area contributed by atoms with Crippen LogP contribution in [-0.4, -0.2) is 10.9 Å². The Kier molecular flexibility index (Phi) is 5.66. The molecule has 3 aromatic rings. The Hall–Kier alpha value is -3.41. The van der Waals surface area contributed by atoms with Crippen LogP contribution in [0, 0.1) is 19.7 Å². The van der Waals surface area contributed by atoms with Gasteiger partial charge in [-0.25, -0.2) is 14.4 Å². The average Bonchev–Trinajstić information content (AvgIpc) is 2.62. The number of benzene rings is 2. The number of nitrogens with one attached hydrogen (secondary N) is 1. The second-order valence-corrected chi connectivity index (χ2v) is 6.26. The topological polar surface area (TPSA) is 72.5 Å². The van der Waals surface area contributed by atoms with Gasteiger partial charge in [-0.05, 0) is 66.9 Å². The third-order valence-electron chi connectivity index (χ3n) is 3.76. The standard InChI is InChI=1S/C21H21FN4O/c1-14-9-15(2)11-18(10-14)26-21(23)25-13-16-3-8-20(24-12-16)27-19-6-4-17(22)5-7-19/h3-12H,13H2,1-2H3,(H3,23,25,26). The van der Waals surface area contributed by atoms with Gasteiger partial charge in [0.2, 0.25) is 5.88 Å². The highest BCUT2D eigenvalue weighted by Crippen LogP contribution is 2.19. The van der Waals surface area contributed by atoms with E-state index in [9.17, 15) is 4.39 Å². The van der Waals surface area contributed by atoms with Crippen molar-refractivity contribution in [3.05, 3.63) is 83.3 Å². The van der Waals surface area contributed by atoms with E-state index in [1.54, 1.807) is 24.4 Å². The first-order valence-corrected chi connectivity index (χ1v) is 8.51. The summed E-state index contributed by atoms with van der Waals surface area (Å²) in [5, 5.41) is 3.09. The average molecular weight is 364 g/mol. The number of hydrogen-bond donors (Lipinski definition) is 2. The first-order valence-electron chi connectivity index (χ1n) is 8.51. The van der Waals surface area contributed by atoms with Gasteiger partial charge in [-0.3, -0.25) is 0 Å². The molecule has 0 amide bonds. The summed E-state index contributed by atoms with van der Waals surface area (Å²) in [6.07, 6.45) is 1.67. The van der Waals surface area contributed by atoms with Crippen LogP contribution in [0.5, 0.6) is 11.6 Å². The van der Waals surface area contributed by atoms with Crippen molar-refractivity contribution in [2.45, 2.75) is 20.4 Å². The highest BCUT2D eigenvalue weighted by molar-refractivity contribution is 5.92. The van der Waals surface area contributed by atoms with E-state index < -0.39 is 0 Å². The van der Waals surface area contributed by atoms with E-state index in [0.717, 1.165) is 22.4 Å². The Balaban J connectivity index is 1.58. The van der Waals surface area contributed by atoms with Gasteiger partial charge in [0, 0.05) is 18.0 Å². The number of pyridine rings is 1. The predicted molar refractivity (Wildman–Crippen MR) is 106 cm³/mol. The number of anilines is 1. The van der Waals surface area contributed by atoms with Gasteiger partial charge in [-0.15, -0.1) is 0 Å². The minimum absolute atomic E-state index is 0.310. The van der Waals surface area contributed by atoms with Crippen molar-refractivity contribution in [2.75, 3.05) is 5.32 Å². The van der Waals surface area contributed by atoms with Crippen LogP contribution in [0.25, 0.3) is 0 Å². The molecule has 1 aromatic heterocycles. The molecule has 0 atom stereocenters. The van der Waals surface area contributed by atoms with Gasteiger partial charge in [0.1, 0.15) is 11.6 Å². The zero-order chi connectivity index (χ0) is 19.2. The summed E-state index contributed by atoms with van der Waals surface area (Å²) in [5.74, 6) is 0.981. The molecular weight excluding hydrogens is 343 g/mol. The molecule has 6 heteroatoms. The number of guanidine groups is 1. The van der Waals surface area contributed by atoms with Gasteiger partial charge in [0.05, 0.1) is 6.54 Å². The van der Waals surface area contributed by atoms with E-state index in [1.807, 2.05) is 32.0 Å². The fraction of sp³-hybridized carbons (Fsp3) is 0.143. The summed E-state index contributed by atoms with van der Waals surface area (Å²) in [7, 11) is 0. The molecule has 0 aliphatic heterocycles. The Morgan fingerprint density at radius 3 is 2.41 bits per heavy atom. The highest BCUT2D eigenvalue weighted by atomic mass is 19.1. The molecule has 0 aliphatic rings. The molecule has 0 aliphatic carbocycles. The second kappa shape index (κ2) is 8.31. The van der Waals surface area contributed by atoms with Crippen LogP contribution in [0.4, 0.5) is 10.1 Å². The van der Waals surface area contributed by atoms with Crippen LogP contribution in [0.15, 0.2) is 65.8 Å². The number of aryl methyl sites for hydroxylation is 2. The number of hydrogen-bond acceptors (Lipinski definition) is 3. The third kappa shape index (κ3) is 5.54. The van der Waals surface area contributed by atoms with E-state index >= 15 is 0 Å². The number of rotatable bonds is 5. The number of ether oxygens (including phenoxy) is 1. The molecule has 0 unspecified atom stereocenters. The monoisotopic (exact) mass is 364 g/mol. The molecule has 0 saturated carbocycles. The van der Waals surface area contributed by atoms with E-state index in [-0.39, 0.29) is 5.82 Å². The minimum Gasteiger partial charge on any atom is -0.439 e. The van der Waals surface area contributed by atoms with Crippen molar-refractivity contribution in [3.8, 4) is 11.6 Å². The molecule has 3 N–H and O–H groups in total. The zero-order valence-electron chi connectivity index (χ0n) is 15.2. The lowest BCUT2D eigenvalue weighted by Crippen LogP contribution is -2.22. The molecule has 0 saturated heterocycles. The molecular formula is C21H21FN4O. The number of halogens is 1. The quantitative estimate of drug-likeness (QED) is 0.514. The van der Waals surface area contributed by atoms with Crippen LogP contribution in [-0.2, 0) is 6.54 Å². The number of aromatic nitrogens is 1. The molecule has 1 heterocycles. The Morgan fingerprint density at radius 1 is 1.07 bits per heavy atom. The largest absolute Gasteiger partial charge is 0.439 e. The molecule has 2 aromatic carbocycles. The number of nitrogens with zero attached hydrogens (tertiary/aromatic N) is 2. The molecule has 3 rings (SSSR count). The van der Waals surface area contributed by atoms with Crippen LogP contribution in [0.2, 0.25) is 0 Å². The van der Waals surface area contributed by atoms with E-state index in [4.69, 9.17) is 10.5 Å². The molecule has 0 bridgehead atoms. The first-order chi connectivity index (χ1) is 13.0. The van der Waals surface area contributed by atoms with Crippen molar-refractivity contribution in [1.29, 1.82) is 0 Å². The fourth-order valence-corrected chi connectivity index (χ4v) is 2.60. The first kappa shape index (κ1) is 18.4. The highest BCUT2D eigenvalue weighted by Gasteiger charge is 2.01. The maximum absolute atomic E-state index is 12.9. The Bertz CT molecular complexity index is 917. The lowest BCUT2D eigenvalue weighted by Gasteiger charge is -2.08. The van der Waals surface area contributed by atoms with E-state index in [2.05, 4.69) is 21.4 Å². The van der Waals surface area contributed by atoms with E-state index in [1.165, 1.54) is 12.1 Å². The van der Waals surface area contributed by atoms with Crippen molar-refractivity contribution in [1.82, 2.24) is 4.98 Å². The van der Waals surface area contributed by atoms with Crippen molar-refractivity contribution < 1.29 is 9.13 Å². The molecule has 27 heavy (non-hydrogen) atoms. The molecule has 0 fully saturated rings. The van der Waals surface area contributed by atoms with Crippen molar-refractivity contribution >= 4 is 11.6 Å². The van der Waals surface area contributed by atoms with Crippen LogP contribution in [0.1, 0.15) is 16.7 Å². The lowest BCUT2D eigenvalue weighted by molar-refractivity contribution is 0.461. The van der Waals surface area contributed by atoms with Gasteiger partial charge in [0.25, 0.3) is 0 Å². The van der Waals surface area contributed by atoms with Gasteiger partial charge < -0.3 is 15.8 Å². The Morgan fingerprint density at radius 2 is 1.78 bits per heavy atom. The van der Waals surface area contributed by atoms with E-state index in [0.29, 0.717) is 24.1 Å². The zero-order valence-corrected chi connectivity index (χ0v) is 15.2. The number of aliphatic imine (C=N–C) groups is 1. The third-order valence-corrected chi connectivity index (χ3v) is 3.76. The predicted octanol–water partition coefficient (Wildman–Crippen LogP) is 4.56. The maximum atomic E-state index is 12.9. The maximum Gasteiger partial charge on any atom is 0.219 e. The van der Waals surface area contributed by atoms with Gasteiger partial charge >= 0.3 is 0 Å². The summed E-state index contributed by atoms with van der Waals surface area (Å²) < 4.78 is 18.5. The SMILES string of the molecule is Cc1cc(C)cc(NC(N)=NCc2ccc(Oc3ccc(F)cc3)nc2)c1. The number of nitrogens with two attached hydrogens (primary N) is 1. The minimum atomic E-state index is -0.310. The summed E-state index contributed by atoms with van der Waals surface area (Å²) >= 11 is 0. The van der Waals surface area contributed by atoms with Crippen molar-refractivity contribution in [2.24, 2.45) is 10.7 Å².